The van der Waals surface area contributed by atoms with Crippen molar-refractivity contribution in [3.05, 3.63) is 11.8 Å². The maximum Gasteiger partial charge on any atom is 0.514 e. The van der Waals surface area contributed by atoms with Gasteiger partial charge in [0.25, 0.3) is 0 Å². The molecule has 0 aromatic heterocycles. The number of cyclic esters (lactones) is 2. The maximum atomic E-state index is 11.2. The topological polar surface area (TPSA) is 71.1 Å². The molecule has 6 heteroatoms. The SMILES string of the molecule is CC1OC(=O)O/C1=C/COC(=O)OC(C)(C)C. The highest BCUT2D eigenvalue weighted by Gasteiger charge is 2.27. The maximum absolute atomic E-state index is 11.2. The van der Waals surface area contributed by atoms with E-state index in [1.165, 1.54) is 6.08 Å². The lowest BCUT2D eigenvalue weighted by Gasteiger charge is -2.18. The summed E-state index contributed by atoms with van der Waals surface area (Å²) in [4.78, 5) is 21.9. The normalized spacial score (nSPS) is 22.0. The summed E-state index contributed by atoms with van der Waals surface area (Å²) in [6, 6.07) is 0. The molecule has 0 spiro atoms. The van der Waals surface area contributed by atoms with Crippen LogP contribution in [-0.2, 0) is 18.9 Å². The van der Waals surface area contributed by atoms with E-state index in [4.69, 9.17) is 18.9 Å². The summed E-state index contributed by atoms with van der Waals surface area (Å²) in [6.07, 6.45) is -0.516. The van der Waals surface area contributed by atoms with Crippen LogP contribution in [0.25, 0.3) is 0 Å². The molecule has 1 aliphatic rings. The van der Waals surface area contributed by atoms with Crippen LogP contribution >= 0.6 is 0 Å². The Hall–Kier alpha value is -1.72. The average Bonchev–Trinajstić information content (AvgIpc) is 2.42. The molecule has 0 amide bonds. The second kappa shape index (κ2) is 5.07. The Morgan fingerprint density at radius 3 is 2.59 bits per heavy atom. The molecule has 1 fully saturated rings. The molecule has 0 bridgehead atoms. The third-order valence-corrected chi connectivity index (χ3v) is 1.75. The van der Waals surface area contributed by atoms with E-state index in [0.29, 0.717) is 5.76 Å². The molecule has 1 saturated heterocycles. The van der Waals surface area contributed by atoms with Gasteiger partial charge in [-0.25, -0.2) is 9.59 Å². The van der Waals surface area contributed by atoms with Crippen molar-refractivity contribution < 1.29 is 28.5 Å². The summed E-state index contributed by atoms with van der Waals surface area (Å²) in [5, 5.41) is 0. The van der Waals surface area contributed by atoms with E-state index in [-0.39, 0.29) is 6.61 Å². The zero-order valence-corrected chi connectivity index (χ0v) is 10.3. The number of carbonyl (C=O) groups is 2. The lowest BCUT2D eigenvalue weighted by molar-refractivity contribution is -0.00264. The first kappa shape index (κ1) is 13.3. The Labute approximate surface area is 99.5 Å². The van der Waals surface area contributed by atoms with E-state index in [1.54, 1.807) is 27.7 Å². The van der Waals surface area contributed by atoms with E-state index < -0.39 is 24.0 Å². The number of ether oxygens (including phenoxy) is 4. The molecule has 0 N–H and O–H groups in total. The Balaban J connectivity index is 2.35. The standard InChI is InChI=1S/C11H16O6/c1-7-8(16-10(13)15-7)5-6-14-9(12)17-11(2,3)4/h5,7H,6H2,1-4H3/b8-5+. The van der Waals surface area contributed by atoms with E-state index in [0.717, 1.165) is 0 Å². The zero-order chi connectivity index (χ0) is 13.1. The molecule has 1 atom stereocenters. The predicted octanol–water partition coefficient (Wildman–Crippen LogP) is 2.38. The van der Waals surface area contributed by atoms with Gasteiger partial charge in [0.2, 0.25) is 0 Å². The first-order valence-electron chi connectivity index (χ1n) is 5.22. The van der Waals surface area contributed by atoms with Crippen molar-refractivity contribution in [1.82, 2.24) is 0 Å². The van der Waals surface area contributed by atoms with Gasteiger partial charge >= 0.3 is 12.3 Å². The minimum absolute atomic E-state index is 0.0365. The number of hydrogen-bond donors (Lipinski definition) is 0. The van der Waals surface area contributed by atoms with E-state index in [2.05, 4.69) is 0 Å². The molecular formula is C11H16O6. The average molecular weight is 244 g/mol. The molecule has 0 aromatic rings. The second-order valence-electron chi connectivity index (χ2n) is 4.49. The Bertz CT molecular complexity index is 338. The van der Waals surface area contributed by atoms with Crippen LogP contribution in [0.15, 0.2) is 11.8 Å². The Morgan fingerprint density at radius 2 is 2.12 bits per heavy atom. The number of rotatable bonds is 2. The quantitative estimate of drug-likeness (QED) is 0.694. The van der Waals surface area contributed by atoms with Crippen LogP contribution in [0, 0.1) is 0 Å². The van der Waals surface area contributed by atoms with Gasteiger partial charge in [0.15, 0.2) is 11.9 Å². The van der Waals surface area contributed by atoms with Crippen LogP contribution in [0.5, 0.6) is 0 Å². The van der Waals surface area contributed by atoms with Crippen molar-refractivity contribution in [3.8, 4) is 0 Å². The van der Waals surface area contributed by atoms with Crippen LogP contribution in [0.1, 0.15) is 27.7 Å². The third kappa shape index (κ3) is 4.76. The molecule has 6 nitrogen and oxygen atoms in total. The first-order chi connectivity index (χ1) is 7.78. The molecule has 1 aliphatic heterocycles. The van der Waals surface area contributed by atoms with Gasteiger partial charge in [-0.05, 0) is 33.8 Å². The van der Waals surface area contributed by atoms with Crippen LogP contribution in [0.2, 0.25) is 0 Å². The zero-order valence-electron chi connectivity index (χ0n) is 10.3. The summed E-state index contributed by atoms with van der Waals surface area (Å²) in [5.41, 5.74) is -0.597. The van der Waals surface area contributed by atoms with Crippen molar-refractivity contribution in [2.24, 2.45) is 0 Å². The first-order valence-corrected chi connectivity index (χ1v) is 5.22. The van der Waals surface area contributed by atoms with E-state index in [9.17, 15) is 9.59 Å². The second-order valence-corrected chi connectivity index (χ2v) is 4.49. The molecular weight excluding hydrogens is 228 g/mol. The predicted molar refractivity (Wildman–Crippen MR) is 57.3 cm³/mol. The van der Waals surface area contributed by atoms with Crippen LogP contribution in [-0.4, -0.2) is 30.6 Å². The molecule has 96 valence electrons. The van der Waals surface area contributed by atoms with Gasteiger partial charge in [-0.15, -0.1) is 0 Å². The van der Waals surface area contributed by atoms with E-state index in [1.807, 2.05) is 0 Å². The minimum Gasteiger partial charge on any atom is -0.430 e. The van der Waals surface area contributed by atoms with Crippen molar-refractivity contribution >= 4 is 12.3 Å². The Morgan fingerprint density at radius 1 is 1.47 bits per heavy atom. The van der Waals surface area contributed by atoms with Gasteiger partial charge in [0.05, 0.1) is 0 Å². The number of hydrogen-bond acceptors (Lipinski definition) is 6. The van der Waals surface area contributed by atoms with Gasteiger partial charge < -0.3 is 18.9 Å². The van der Waals surface area contributed by atoms with E-state index >= 15 is 0 Å². The summed E-state index contributed by atoms with van der Waals surface area (Å²) in [5.74, 6) is 0.332. The fourth-order valence-corrected chi connectivity index (χ4v) is 1.08. The smallest absolute Gasteiger partial charge is 0.430 e. The van der Waals surface area contributed by atoms with Crippen LogP contribution < -0.4 is 0 Å². The molecule has 0 aliphatic carbocycles. The Kier molecular flexibility index (Phi) is 3.98. The fraction of sp³-hybridized carbons (Fsp3) is 0.636. The summed E-state index contributed by atoms with van der Waals surface area (Å²) >= 11 is 0. The summed E-state index contributed by atoms with van der Waals surface area (Å²) in [7, 11) is 0. The number of carbonyl (C=O) groups excluding carboxylic acids is 2. The van der Waals surface area contributed by atoms with Crippen molar-refractivity contribution in [2.45, 2.75) is 39.4 Å². The van der Waals surface area contributed by atoms with Crippen LogP contribution in [0.4, 0.5) is 9.59 Å². The highest BCUT2D eigenvalue weighted by molar-refractivity contribution is 5.65. The lowest BCUT2D eigenvalue weighted by Crippen LogP contribution is -2.24. The monoisotopic (exact) mass is 244 g/mol. The van der Waals surface area contributed by atoms with Gasteiger partial charge in [-0.2, -0.15) is 0 Å². The molecule has 17 heavy (non-hydrogen) atoms. The largest absolute Gasteiger partial charge is 0.514 e. The van der Waals surface area contributed by atoms with Gasteiger partial charge in [-0.3, -0.25) is 0 Å². The molecule has 1 heterocycles. The molecule has 0 aromatic carbocycles. The highest BCUT2D eigenvalue weighted by Crippen LogP contribution is 2.18. The van der Waals surface area contributed by atoms with Crippen molar-refractivity contribution in [3.63, 3.8) is 0 Å². The lowest BCUT2D eigenvalue weighted by atomic mass is 10.2. The van der Waals surface area contributed by atoms with Crippen molar-refractivity contribution in [1.29, 1.82) is 0 Å². The minimum atomic E-state index is -0.771. The molecule has 1 rings (SSSR count). The van der Waals surface area contributed by atoms with Gasteiger partial charge in [0.1, 0.15) is 12.2 Å². The van der Waals surface area contributed by atoms with Gasteiger partial charge in [-0.1, -0.05) is 0 Å². The van der Waals surface area contributed by atoms with Crippen molar-refractivity contribution in [2.75, 3.05) is 6.61 Å². The summed E-state index contributed by atoms with van der Waals surface area (Å²) in [6.45, 7) is 6.83. The third-order valence-electron chi connectivity index (χ3n) is 1.75. The fourth-order valence-electron chi connectivity index (χ4n) is 1.08. The van der Waals surface area contributed by atoms with Crippen LogP contribution in [0.3, 0.4) is 0 Å². The molecule has 1 unspecified atom stereocenters. The highest BCUT2D eigenvalue weighted by atomic mass is 16.8. The molecule has 0 saturated carbocycles. The summed E-state index contributed by atoms with van der Waals surface area (Å²) < 4.78 is 19.1. The molecule has 0 radical (unpaired) electrons. The van der Waals surface area contributed by atoms with Gasteiger partial charge in [0, 0.05) is 0 Å².